The number of sulfonamides is 1. The zero-order valence-corrected chi connectivity index (χ0v) is 38.1. The molecule has 15 heteroatoms. The number of ketones is 1. The molecule has 4 heterocycles. The fraction of sp³-hybridized carbons (Fsp3) is 0.694. The van der Waals surface area contributed by atoms with Gasteiger partial charge in [0.25, 0.3) is 0 Å². The third kappa shape index (κ3) is 9.44. The number of benzene rings is 1. The van der Waals surface area contributed by atoms with E-state index < -0.39 is 56.2 Å². The highest BCUT2D eigenvalue weighted by Crippen LogP contribution is 2.57. The highest BCUT2D eigenvalue weighted by Gasteiger charge is 2.62. The number of carbonyl (C=O) groups excluding carboxylic acids is 4. The lowest BCUT2D eigenvalue weighted by Gasteiger charge is -2.34. The molecule has 9 rings (SSSR count). The maximum absolute atomic E-state index is 15.2. The Hall–Kier alpha value is -4.11. The third-order valence-corrected chi connectivity index (χ3v) is 17.8. The Morgan fingerprint density at radius 3 is 2.45 bits per heavy atom. The van der Waals surface area contributed by atoms with Gasteiger partial charge in [0.1, 0.15) is 24.1 Å². The number of rotatable bonds is 13. The van der Waals surface area contributed by atoms with Crippen molar-refractivity contribution in [1.82, 2.24) is 19.5 Å². The molecule has 348 valence electrons. The molecule has 6 fully saturated rings. The van der Waals surface area contributed by atoms with Crippen LogP contribution in [0.15, 0.2) is 36.9 Å². The zero-order chi connectivity index (χ0) is 44.8. The molecule has 1 N–H and O–H groups in total. The van der Waals surface area contributed by atoms with Crippen LogP contribution in [0.25, 0.3) is 10.9 Å². The molecule has 2 amide bonds. The molecule has 2 aromatic rings. The smallest absolute Gasteiger partial charge is 0.306 e. The largest absolute Gasteiger partial charge is 0.492 e. The van der Waals surface area contributed by atoms with E-state index in [9.17, 15) is 27.2 Å². The molecule has 2 saturated heterocycles. The standard InChI is InChI=1S/C49H65FN4O9S/c1-3-33-26-49(33,47(58)52-64(59,60)48(2)19-20-48)27-41(55)40-24-35-30-54(40)46(57)38(31-13-6-4-7-14-31)25-43(56)63-42-23-32(42)15-8-5-9-17-37-44(61-22-12-21-53-28-34(50)29-53)36-16-10-11-18-39(36)51-45(37)62-35/h3,10-11,16,18,31-35,38,40,42H,1,4-9,12-15,17,19-30H2,2H3,(H,52,58)/t32-,33-,35-,38+,40+,42-,49?/m1/s1. The molecule has 7 atom stereocenters. The number of hydrogen-bond acceptors (Lipinski definition) is 11. The van der Waals surface area contributed by atoms with Gasteiger partial charge >= 0.3 is 5.97 Å². The second-order valence-electron chi connectivity index (χ2n) is 20.3. The molecule has 13 nitrogen and oxygen atoms in total. The molecule has 4 aliphatic carbocycles. The summed E-state index contributed by atoms with van der Waals surface area (Å²) in [6.45, 7) is 7.61. The number of nitrogens with one attached hydrogen (secondary N) is 1. The Morgan fingerprint density at radius 1 is 1.00 bits per heavy atom. The number of aromatic nitrogens is 1. The van der Waals surface area contributed by atoms with Crippen LogP contribution in [0.2, 0.25) is 0 Å². The van der Waals surface area contributed by atoms with Gasteiger partial charge in [-0.1, -0.05) is 50.3 Å². The molecule has 2 bridgehead atoms. The quantitative estimate of drug-likeness (QED) is 0.128. The molecular formula is C49H65FN4O9S. The summed E-state index contributed by atoms with van der Waals surface area (Å²) in [5, 5.41) is 0.858. The number of para-hydroxylation sites is 1. The van der Waals surface area contributed by atoms with E-state index in [1.54, 1.807) is 17.9 Å². The number of esters is 1. The van der Waals surface area contributed by atoms with Crippen molar-refractivity contribution < 1.29 is 46.2 Å². The third-order valence-electron chi connectivity index (χ3n) is 15.6. The van der Waals surface area contributed by atoms with Crippen LogP contribution in [-0.2, 0) is 40.4 Å². The number of nitrogens with zero attached hydrogens (tertiary/aromatic N) is 3. The van der Waals surface area contributed by atoms with E-state index in [4.69, 9.17) is 19.2 Å². The lowest BCUT2D eigenvalue weighted by molar-refractivity contribution is -0.153. The van der Waals surface area contributed by atoms with Gasteiger partial charge in [0, 0.05) is 37.9 Å². The summed E-state index contributed by atoms with van der Waals surface area (Å²) in [5.41, 5.74) is 0.196. The van der Waals surface area contributed by atoms with Gasteiger partial charge in [0.2, 0.25) is 27.7 Å². The molecule has 1 aromatic carbocycles. The second-order valence-corrected chi connectivity index (χ2v) is 22.5. The van der Waals surface area contributed by atoms with Crippen molar-refractivity contribution in [3.63, 3.8) is 0 Å². The number of likely N-dealkylation sites (tertiary alicyclic amines) is 1. The predicted molar refractivity (Wildman–Crippen MR) is 238 cm³/mol. The fourth-order valence-corrected chi connectivity index (χ4v) is 12.3. The first kappa shape index (κ1) is 45.1. The van der Waals surface area contributed by atoms with Gasteiger partial charge in [-0.25, -0.2) is 17.8 Å². The van der Waals surface area contributed by atoms with Crippen molar-refractivity contribution in [1.29, 1.82) is 0 Å². The van der Waals surface area contributed by atoms with E-state index in [0.717, 1.165) is 88.1 Å². The second kappa shape index (κ2) is 18.3. The maximum atomic E-state index is 15.2. The topological polar surface area (TPSA) is 162 Å². The summed E-state index contributed by atoms with van der Waals surface area (Å²) >= 11 is 0. The molecule has 7 aliphatic rings. The molecule has 0 spiro atoms. The van der Waals surface area contributed by atoms with Crippen molar-refractivity contribution in [2.24, 2.45) is 29.1 Å². The minimum atomic E-state index is -3.97. The Labute approximate surface area is 376 Å². The SMILES string of the molecule is C=C[C@@H]1CC1(CC(=O)[C@@H]1C[C@@H]2CN1C(=O)[C@H](C1CCCCC1)CC(=O)O[C@@H]1C[C@H]1CCCCCc1c(nc3ccccc3c1OCCCN1CC(F)C1)O2)C(=O)NS(=O)(=O)C1(C)CC1. The monoisotopic (exact) mass is 904 g/mol. The summed E-state index contributed by atoms with van der Waals surface area (Å²) in [5.74, 6) is -1.53. The van der Waals surface area contributed by atoms with Crippen LogP contribution >= 0.6 is 0 Å². The number of Topliss-reactive ketones (excluding diaryl/α,β-unsaturated/α-hetero) is 1. The summed E-state index contributed by atoms with van der Waals surface area (Å²) in [6.07, 6.45) is 11.3. The van der Waals surface area contributed by atoms with Crippen molar-refractivity contribution in [3.05, 3.63) is 42.5 Å². The highest BCUT2D eigenvalue weighted by atomic mass is 32.2. The normalized spacial score (nSPS) is 31.2. The van der Waals surface area contributed by atoms with Crippen LogP contribution < -0.4 is 14.2 Å². The number of halogens is 1. The van der Waals surface area contributed by atoms with Gasteiger partial charge in [-0.2, -0.15) is 0 Å². The van der Waals surface area contributed by atoms with Gasteiger partial charge in [0.15, 0.2) is 5.78 Å². The summed E-state index contributed by atoms with van der Waals surface area (Å²) < 4.78 is 60.9. The summed E-state index contributed by atoms with van der Waals surface area (Å²) in [4.78, 5) is 66.4. The molecule has 1 aromatic heterocycles. The summed E-state index contributed by atoms with van der Waals surface area (Å²) in [6, 6.07) is 6.78. The zero-order valence-electron chi connectivity index (χ0n) is 37.3. The Kier molecular flexibility index (Phi) is 12.9. The van der Waals surface area contributed by atoms with Gasteiger partial charge in [-0.15, -0.1) is 6.58 Å². The average molecular weight is 905 g/mol. The summed E-state index contributed by atoms with van der Waals surface area (Å²) in [7, 11) is -3.97. The van der Waals surface area contributed by atoms with E-state index in [1.807, 2.05) is 24.3 Å². The van der Waals surface area contributed by atoms with Crippen molar-refractivity contribution in [3.8, 4) is 11.6 Å². The van der Waals surface area contributed by atoms with Gasteiger partial charge < -0.3 is 19.1 Å². The predicted octanol–water partition coefficient (Wildman–Crippen LogP) is 6.79. The number of fused-ring (bicyclic) bond motifs is 5. The van der Waals surface area contributed by atoms with Crippen LogP contribution in [0, 0.1) is 29.1 Å². The molecular weight excluding hydrogens is 840 g/mol. The van der Waals surface area contributed by atoms with E-state index >= 15 is 4.79 Å². The van der Waals surface area contributed by atoms with Gasteiger partial charge in [-0.05, 0) is 101 Å². The van der Waals surface area contributed by atoms with Crippen LogP contribution in [0.5, 0.6) is 11.6 Å². The van der Waals surface area contributed by atoms with E-state index in [1.165, 1.54) is 0 Å². The van der Waals surface area contributed by atoms with Crippen LogP contribution in [0.4, 0.5) is 4.39 Å². The number of alkyl halides is 1. The Morgan fingerprint density at radius 2 is 1.73 bits per heavy atom. The van der Waals surface area contributed by atoms with Crippen LogP contribution in [-0.4, -0.2) is 109 Å². The molecule has 0 radical (unpaired) electrons. The average Bonchev–Trinajstić information content (AvgIpc) is 4.23. The van der Waals surface area contributed by atoms with Crippen molar-refractivity contribution in [2.75, 3.05) is 32.8 Å². The van der Waals surface area contributed by atoms with Crippen molar-refractivity contribution in [2.45, 2.75) is 152 Å². The number of amides is 2. The highest BCUT2D eigenvalue weighted by molar-refractivity contribution is 7.91. The minimum absolute atomic E-state index is 0.0576. The molecule has 4 saturated carbocycles. The first-order chi connectivity index (χ1) is 30.8. The lowest BCUT2D eigenvalue weighted by atomic mass is 9.77. The van der Waals surface area contributed by atoms with Crippen LogP contribution in [0.3, 0.4) is 0 Å². The Bertz CT molecular complexity index is 2240. The lowest BCUT2D eigenvalue weighted by Crippen LogP contribution is -2.48. The maximum Gasteiger partial charge on any atom is 0.306 e. The molecule has 3 aliphatic heterocycles. The van der Waals surface area contributed by atoms with E-state index in [-0.39, 0.29) is 61.9 Å². The minimum Gasteiger partial charge on any atom is -0.492 e. The van der Waals surface area contributed by atoms with Gasteiger partial charge in [0.05, 0.1) is 52.8 Å². The van der Waals surface area contributed by atoms with Gasteiger partial charge in [-0.3, -0.25) is 28.8 Å². The first-order valence-corrected chi connectivity index (χ1v) is 25.6. The number of allylic oxidation sites excluding steroid dienone is 1. The molecule has 64 heavy (non-hydrogen) atoms. The van der Waals surface area contributed by atoms with Crippen molar-refractivity contribution >= 4 is 44.5 Å². The number of ether oxygens (including phenoxy) is 3. The first-order valence-electron chi connectivity index (χ1n) is 24.1. The fourth-order valence-electron chi connectivity index (χ4n) is 11.0. The molecule has 1 unspecified atom stereocenters. The van der Waals surface area contributed by atoms with Crippen LogP contribution in [0.1, 0.15) is 122 Å². The number of carbonyl (C=O) groups is 4. The Balaban J connectivity index is 1.04. The number of hydrogen-bond donors (Lipinski definition) is 1. The number of pyridine rings is 1. The van der Waals surface area contributed by atoms with E-state index in [2.05, 4.69) is 16.2 Å². The van der Waals surface area contributed by atoms with E-state index in [0.29, 0.717) is 62.0 Å².